The monoisotopic (exact) mass is 218 g/mol. The molecule has 3 heteroatoms. The summed E-state index contributed by atoms with van der Waals surface area (Å²) in [7, 11) is 0. The standard InChI is InChI=1S/C13H18N2O/c1-9-6-5-7-10(16)12(9)15-11(8-14)13(2,3)4/h5-7,11,15-16H,1-4H3. The molecule has 0 bridgehead atoms. The molecule has 86 valence electrons. The van der Waals surface area contributed by atoms with Gasteiger partial charge in [-0.25, -0.2) is 0 Å². The van der Waals surface area contributed by atoms with Crippen molar-refractivity contribution in [1.29, 1.82) is 5.26 Å². The summed E-state index contributed by atoms with van der Waals surface area (Å²) in [6, 6.07) is 7.19. The fourth-order valence-electron chi connectivity index (χ4n) is 1.43. The van der Waals surface area contributed by atoms with Gasteiger partial charge in [-0.15, -0.1) is 0 Å². The van der Waals surface area contributed by atoms with Crippen molar-refractivity contribution >= 4 is 5.69 Å². The van der Waals surface area contributed by atoms with Crippen LogP contribution >= 0.6 is 0 Å². The molecule has 16 heavy (non-hydrogen) atoms. The van der Waals surface area contributed by atoms with Gasteiger partial charge in [-0.1, -0.05) is 32.9 Å². The second-order valence-electron chi connectivity index (χ2n) is 5.04. The van der Waals surface area contributed by atoms with E-state index in [-0.39, 0.29) is 17.2 Å². The number of aromatic hydroxyl groups is 1. The van der Waals surface area contributed by atoms with E-state index >= 15 is 0 Å². The third-order valence-electron chi connectivity index (χ3n) is 2.53. The molecule has 1 atom stereocenters. The molecule has 0 aromatic heterocycles. The van der Waals surface area contributed by atoms with E-state index in [0.29, 0.717) is 5.69 Å². The van der Waals surface area contributed by atoms with Crippen molar-refractivity contribution in [2.24, 2.45) is 5.41 Å². The van der Waals surface area contributed by atoms with E-state index in [9.17, 15) is 5.11 Å². The normalized spacial score (nSPS) is 12.9. The topological polar surface area (TPSA) is 56.0 Å². The minimum atomic E-state index is -0.334. The summed E-state index contributed by atoms with van der Waals surface area (Å²) in [5.74, 6) is 0.185. The molecule has 0 spiro atoms. The average Bonchev–Trinajstić information content (AvgIpc) is 2.15. The van der Waals surface area contributed by atoms with Crippen LogP contribution in [-0.2, 0) is 0 Å². The highest BCUT2D eigenvalue weighted by Gasteiger charge is 2.25. The van der Waals surface area contributed by atoms with E-state index < -0.39 is 0 Å². The lowest BCUT2D eigenvalue weighted by Gasteiger charge is -2.27. The molecular formula is C13H18N2O. The molecular weight excluding hydrogens is 200 g/mol. The average molecular weight is 218 g/mol. The molecule has 0 fully saturated rings. The second-order valence-corrected chi connectivity index (χ2v) is 5.04. The Morgan fingerprint density at radius 2 is 2.00 bits per heavy atom. The van der Waals surface area contributed by atoms with Gasteiger partial charge in [0.15, 0.2) is 0 Å². The van der Waals surface area contributed by atoms with Gasteiger partial charge in [0.25, 0.3) is 0 Å². The number of nitrogens with zero attached hydrogens (tertiary/aromatic N) is 1. The van der Waals surface area contributed by atoms with Crippen LogP contribution in [0.1, 0.15) is 26.3 Å². The number of hydrogen-bond donors (Lipinski definition) is 2. The Balaban J connectivity index is 3.01. The van der Waals surface area contributed by atoms with Crippen molar-refractivity contribution in [2.75, 3.05) is 5.32 Å². The summed E-state index contributed by atoms with van der Waals surface area (Å²) >= 11 is 0. The molecule has 0 saturated carbocycles. The summed E-state index contributed by atoms with van der Waals surface area (Å²) in [5, 5.41) is 21.9. The predicted molar refractivity (Wildman–Crippen MR) is 65.3 cm³/mol. The highest BCUT2D eigenvalue weighted by molar-refractivity contribution is 5.62. The second kappa shape index (κ2) is 4.44. The third-order valence-corrected chi connectivity index (χ3v) is 2.53. The largest absolute Gasteiger partial charge is 0.506 e. The lowest BCUT2D eigenvalue weighted by Crippen LogP contribution is -2.32. The Labute approximate surface area is 96.7 Å². The highest BCUT2D eigenvalue weighted by atomic mass is 16.3. The van der Waals surface area contributed by atoms with Crippen molar-refractivity contribution in [2.45, 2.75) is 33.7 Å². The first-order valence-corrected chi connectivity index (χ1v) is 5.31. The number of benzene rings is 1. The fraction of sp³-hybridized carbons (Fsp3) is 0.462. The van der Waals surface area contributed by atoms with Crippen LogP contribution in [0, 0.1) is 23.7 Å². The molecule has 0 saturated heterocycles. The smallest absolute Gasteiger partial charge is 0.138 e. The van der Waals surface area contributed by atoms with Crippen LogP contribution in [0.15, 0.2) is 18.2 Å². The van der Waals surface area contributed by atoms with E-state index in [2.05, 4.69) is 11.4 Å². The molecule has 1 aromatic carbocycles. The van der Waals surface area contributed by atoms with Crippen LogP contribution in [0.2, 0.25) is 0 Å². The minimum Gasteiger partial charge on any atom is -0.506 e. The molecule has 0 amide bonds. The Morgan fingerprint density at radius 3 is 2.44 bits per heavy atom. The van der Waals surface area contributed by atoms with Gasteiger partial charge in [0.2, 0.25) is 0 Å². The Hall–Kier alpha value is -1.69. The van der Waals surface area contributed by atoms with Crippen molar-refractivity contribution < 1.29 is 5.11 Å². The molecule has 3 nitrogen and oxygen atoms in total. The zero-order valence-corrected chi connectivity index (χ0v) is 10.2. The molecule has 0 aliphatic heterocycles. The predicted octanol–water partition coefficient (Wildman–Crippen LogP) is 3.05. The van der Waals surface area contributed by atoms with Crippen molar-refractivity contribution in [3.05, 3.63) is 23.8 Å². The number of nitrogens with one attached hydrogen (secondary N) is 1. The zero-order chi connectivity index (χ0) is 12.3. The number of hydrogen-bond acceptors (Lipinski definition) is 3. The van der Waals surface area contributed by atoms with Gasteiger partial charge < -0.3 is 10.4 Å². The zero-order valence-electron chi connectivity index (χ0n) is 10.2. The molecule has 1 aromatic rings. The highest BCUT2D eigenvalue weighted by Crippen LogP contribution is 2.30. The van der Waals surface area contributed by atoms with Crippen LogP contribution in [0.3, 0.4) is 0 Å². The summed E-state index contributed by atoms with van der Waals surface area (Å²) in [5.41, 5.74) is 1.40. The van der Waals surface area contributed by atoms with Gasteiger partial charge >= 0.3 is 0 Å². The van der Waals surface area contributed by atoms with Gasteiger partial charge in [0, 0.05) is 0 Å². The quantitative estimate of drug-likeness (QED) is 0.750. The number of anilines is 1. The van der Waals surface area contributed by atoms with E-state index in [1.165, 1.54) is 0 Å². The molecule has 2 N–H and O–H groups in total. The van der Waals surface area contributed by atoms with E-state index in [4.69, 9.17) is 5.26 Å². The number of phenols is 1. The lowest BCUT2D eigenvalue weighted by atomic mass is 9.87. The number of nitriles is 1. The Morgan fingerprint density at radius 1 is 1.38 bits per heavy atom. The summed E-state index contributed by atoms with van der Waals surface area (Å²) in [6.07, 6.45) is 0. The van der Waals surface area contributed by atoms with Gasteiger partial charge in [-0.3, -0.25) is 0 Å². The fourth-order valence-corrected chi connectivity index (χ4v) is 1.43. The Kier molecular flexibility index (Phi) is 3.44. The first kappa shape index (κ1) is 12.4. The maximum Gasteiger partial charge on any atom is 0.138 e. The van der Waals surface area contributed by atoms with Crippen LogP contribution < -0.4 is 5.32 Å². The van der Waals surface area contributed by atoms with Crippen molar-refractivity contribution in [1.82, 2.24) is 0 Å². The van der Waals surface area contributed by atoms with Crippen molar-refractivity contribution in [3.8, 4) is 11.8 Å². The first-order chi connectivity index (χ1) is 7.36. The summed E-state index contributed by atoms with van der Waals surface area (Å²) in [4.78, 5) is 0. The van der Waals surface area contributed by atoms with Gasteiger partial charge in [0.1, 0.15) is 11.8 Å². The summed E-state index contributed by atoms with van der Waals surface area (Å²) in [6.45, 7) is 7.87. The Bertz CT molecular complexity index is 393. The minimum absolute atomic E-state index is 0.177. The van der Waals surface area contributed by atoms with Gasteiger partial charge in [-0.2, -0.15) is 5.26 Å². The van der Waals surface area contributed by atoms with Crippen molar-refractivity contribution in [3.63, 3.8) is 0 Å². The molecule has 0 aliphatic carbocycles. The molecule has 0 heterocycles. The van der Waals surface area contributed by atoms with Crippen LogP contribution in [0.4, 0.5) is 5.69 Å². The van der Waals surface area contributed by atoms with Gasteiger partial charge in [-0.05, 0) is 24.0 Å². The van der Waals surface area contributed by atoms with Crippen LogP contribution in [0.25, 0.3) is 0 Å². The number of para-hydroxylation sites is 1. The number of phenolic OH excluding ortho intramolecular Hbond substituents is 1. The lowest BCUT2D eigenvalue weighted by molar-refractivity contribution is 0.388. The third kappa shape index (κ3) is 2.66. The van der Waals surface area contributed by atoms with E-state index in [1.54, 1.807) is 12.1 Å². The van der Waals surface area contributed by atoms with Crippen LogP contribution in [0.5, 0.6) is 5.75 Å². The first-order valence-electron chi connectivity index (χ1n) is 5.31. The van der Waals surface area contributed by atoms with Gasteiger partial charge in [0.05, 0.1) is 11.8 Å². The maximum atomic E-state index is 9.73. The van der Waals surface area contributed by atoms with E-state index in [0.717, 1.165) is 5.56 Å². The molecule has 1 unspecified atom stereocenters. The van der Waals surface area contributed by atoms with E-state index in [1.807, 2.05) is 33.8 Å². The molecule has 1 rings (SSSR count). The van der Waals surface area contributed by atoms with Crippen LogP contribution in [-0.4, -0.2) is 11.1 Å². The SMILES string of the molecule is Cc1cccc(O)c1NC(C#N)C(C)(C)C. The number of rotatable bonds is 2. The summed E-state index contributed by atoms with van der Waals surface area (Å²) < 4.78 is 0. The number of aryl methyl sites for hydroxylation is 1. The molecule has 0 aliphatic rings. The maximum absolute atomic E-state index is 9.73. The molecule has 0 radical (unpaired) electrons.